The lowest BCUT2D eigenvalue weighted by Gasteiger charge is -2.12. The van der Waals surface area contributed by atoms with Crippen molar-refractivity contribution in [2.24, 2.45) is 0 Å². The average molecular weight is 300 g/mol. The molecule has 0 fully saturated rings. The van der Waals surface area contributed by atoms with E-state index in [1.54, 1.807) is 0 Å². The van der Waals surface area contributed by atoms with Crippen LogP contribution in [0, 0.1) is 13.8 Å². The molecular weight excluding hydrogens is 280 g/mol. The Hall–Kier alpha value is -2.07. The van der Waals surface area contributed by atoms with Gasteiger partial charge >= 0.3 is 0 Å². The average Bonchev–Trinajstić information content (AvgIpc) is 2.48. The van der Waals surface area contributed by atoms with E-state index in [0.717, 1.165) is 17.0 Å². The SMILES string of the molecule is Cc1ccc(C)c(OCCNC(=S)Nc2ccccc2)c1. The van der Waals surface area contributed by atoms with Crippen LogP contribution in [0.2, 0.25) is 0 Å². The molecule has 2 rings (SSSR count). The molecule has 4 heteroatoms. The van der Waals surface area contributed by atoms with Gasteiger partial charge in [-0.15, -0.1) is 0 Å². The van der Waals surface area contributed by atoms with Crippen LogP contribution >= 0.6 is 12.2 Å². The minimum absolute atomic E-state index is 0.570. The highest BCUT2D eigenvalue weighted by Crippen LogP contribution is 2.18. The van der Waals surface area contributed by atoms with E-state index in [-0.39, 0.29) is 0 Å². The number of anilines is 1. The highest BCUT2D eigenvalue weighted by molar-refractivity contribution is 7.80. The molecule has 0 spiro atoms. The third-order valence-electron chi connectivity index (χ3n) is 3.02. The molecule has 2 aromatic carbocycles. The predicted octanol–water partition coefficient (Wildman–Crippen LogP) is 3.67. The maximum absolute atomic E-state index is 5.77. The molecule has 0 unspecified atom stereocenters. The number of nitrogens with one attached hydrogen (secondary N) is 2. The summed E-state index contributed by atoms with van der Waals surface area (Å²) in [6.45, 7) is 5.33. The number of rotatable bonds is 5. The molecule has 2 N–H and O–H groups in total. The summed E-state index contributed by atoms with van der Waals surface area (Å²) in [6.07, 6.45) is 0. The Bertz CT molecular complexity index is 599. The molecule has 21 heavy (non-hydrogen) atoms. The van der Waals surface area contributed by atoms with Gasteiger partial charge in [-0.3, -0.25) is 0 Å². The van der Waals surface area contributed by atoms with Gasteiger partial charge in [0.1, 0.15) is 12.4 Å². The van der Waals surface area contributed by atoms with Crippen molar-refractivity contribution in [2.75, 3.05) is 18.5 Å². The summed E-state index contributed by atoms with van der Waals surface area (Å²) in [5, 5.41) is 6.86. The van der Waals surface area contributed by atoms with Gasteiger partial charge in [-0.1, -0.05) is 30.3 Å². The molecule has 0 saturated heterocycles. The van der Waals surface area contributed by atoms with Gasteiger partial charge in [0.2, 0.25) is 0 Å². The smallest absolute Gasteiger partial charge is 0.170 e. The summed E-state index contributed by atoms with van der Waals surface area (Å²) < 4.78 is 5.77. The quantitative estimate of drug-likeness (QED) is 0.652. The van der Waals surface area contributed by atoms with Gasteiger partial charge in [0, 0.05) is 5.69 Å². The Morgan fingerprint density at radius 1 is 1.10 bits per heavy atom. The molecule has 0 aromatic heterocycles. The number of thiocarbonyl (C=S) groups is 1. The normalized spacial score (nSPS) is 10.0. The topological polar surface area (TPSA) is 33.3 Å². The van der Waals surface area contributed by atoms with Crippen LogP contribution < -0.4 is 15.4 Å². The first kappa shape index (κ1) is 15.3. The highest BCUT2D eigenvalue weighted by Gasteiger charge is 2.00. The number of hydrogen-bond donors (Lipinski definition) is 2. The molecule has 0 atom stereocenters. The minimum atomic E-state index is 0.570. The lowest BCUT2D eigenvalue weighted by Crippen LogP contribution is -2.31. The molecule has 110 valence electrons. The first-order chi connectivity index (χ1) is 10.1. The zero-order valence-corrected chi connectivity index (χ0v) is 13.2. The maximum atomic E-state index is 5.77. The van der Waals surface area contributed by atoms with E-state index in [4.69, 9.17) is 17.0 Å². The second kappa shape index (κ2) is 7.64. The fourth-order valence-electron chi connectivity index (χ4n) is 1.89. The molecular formula is C17H20N2OS. The number of ether oxygens (including phenoxy) is 1. The van der Waals surface area contributed by atoms with E-state index in [1.165, 1.54) is 5.56 Å². The van der Waals surface area contributed by atoms with E-state index < -0.39 is 0 Å². The second-order valence-electron chi connectivity index (χ2n) is 4.86. The fraction of sp³-hybridized carbons (Fsp3) is 0.235. The third-order valence-corrected chi connectivity index (χ3v) is 3.27. The molecule has 0 radical (unpaired) electrons. The first-order valence-corrected chi connectivity index (χ1v) is 7.36. The van der Waals surface area contributed by atoms with E-state index in [2.05, 4.69) is 35.8 Å². The van der Waals surface area contributed by atoms with Gasteiger partial charge in [-0.25, -0.2) is 0 Å². The largest absolute Gasteiger partial charge is 0.491 e. The van der Waals surface area contributed by atoms with E-state index in [1.807, 2.05) is 37.3 Å². The van der Waals surface area contributed by atoms with Crippen LogP contribution in [-0.4, -0.2) is 18.3 Å². The van der Waals surface area contributed by atoms with Crippen molar-refractivity contribution in [1.29, 1.82) is 0 Å². The van der Waals surface area contributed by atoms with E-state index in [9.17, 15) is 0 Å². The summed E-state index contributed by atoms with van der Waals surface area (Å²) in [7, 11) is 0. The predicted molar refractivity (Wildman–Crippen MR) is 92.1 cm³/mol. The van der Waals surface area contributed by atoms with Crippen LogP contribution in [0.5, 0.6) is 5.75 Å². The fourth-order valence-corrected chi connectivity index (χ4v) is 2.11. The first-order valence-electron chi connectivity index (χ1n) is 6.95. The number of para-hydroxylation sites is 1. The summed E-state index contributed by atoms with van der Waals surface area (Å²) in [5.41, 5.74) is 3.32. The monoisotopic (exact) mass is 300 g/mol. The van der Waals surface area contributed by atoms with Crippen molar-refractivity contribution >= 4 is 23.0 Å². The standard InChI is InChI=1S/C17H20N2OS/c1-13-8-9-14(2)16(12-13)20-11-10-18-17(21)19-15-6-4-3-5-7-15/h3-9,12H,10-11H2,1-2H3,(H2,18,19,21). The second-order valence-corrected chi connectivity index (χ2v) is 5.27. The van der Waals surface area contributed by atoms with Crippen LogP contribution in [0.15, 0.2) is 48.5 Å². The zero-order valence-electron chi connectivity index (χ0n) is 12.3. The Labute approximate surface area is 131 Å². The van der Waals surface area contributed by atoms with Crippen molar-refractivity contribution in [1.82, 2.24) is 5.32 Å². The van der Waals surface area contributed by atoms with Crippen molar-refractivity contribution < 1.29 is 4.74 Å². The number of aryl methyl sites for hydroxylation is 2. The molecule has 0 bridgehead atoms. The van der Waals surface area contributed by atoms with Gasteiger partial charge in [0.05, 0.1) is 6.54 Å². The molecule has 0 amide bonds. The Morgan fingerprint density at radius 3 is 2.62 bits per heavy atom. The Kier molecular flexibility index (Phi) is 5.58. The van der Waals surface area contributed by atoms with Gasteiger partial charge in [-0.05, 0) is 55.4 Å². The molecule has 2 aromatic rings. The molecule has 0 aliphatic heterocycles. The van der Waals surface area contributed by atoms with E-state index >= 15 is 0 Å². The van der Waals surface area contributed by atoms with Crippen LogP contribution in [-0.2, 0) is 0 Å². The van der Waals surface area contributed by atoms with Gasteiger partial charge in [0.15, 0.2) is 5.11 Å². The molecule has 0 saturated carbocycles. The molecule has 0 aliphatic rings. The summed E-state index contributed by atoms with van der Waals surface area (Å²) in [5.74, 6) is 0.929. The third kappa shape index (κ3) is 5.08. The number of hydrogen-bond acceptors (Lipinski definition) is 2. The van der Waals surface area contributed by atoms with E-state index in [0.29, 0.717) is 18.3 Å². The van der Waals surface area contributed by atoms with Crippen molar-refractivity contribution in [3.05, 3.63) is 59.7 Å². The van der Waals surface area contributed by atoms with Crippen molar-refractivity contribution in [2.45, 2.75) is 13.8 Å². The summed E-state index contributed by atoms with van der Waals surface area (Å²) in [4.78, 5) is 0. The Balaban J connectivity index is 1.72. The van der Waals surface area contributed by atoms with Crippen LogP contribution in [0.4, 0.5) is 5.69 Å². The van der Waals surface area contributed by atoms with Crippen molar-refractivity contribution in [3.63, 3.8) is 0 Å². The van der Waals surface area contributed by atoms with Crippen LogP contribution in [0.3, 0.4) is 0 Å². The number of benzene rings is 2. The lowest BCUT2D eigenvalue weighted by atomic mass is 10.1. The highest BCUT2D eigenvalue weighted by atomic mass is 32.1. The van der Waals surface area contributed by atoms with Crippen molar-refractivity contribution in [3.8, 4) is 5.75 Å². The summed E-state index contributed by atoms with van der Waals surface area (Å²) >= 11 is 5.23. The van der Waals surface area contributed by atoms with Gasteiger partial charge < -0.3 is 15.4 Å². The maximum Gasteiger partial charge on any atom is 0.170 e. The molecule has 3 nitrogen and oxygen atoms in total. The zero-order chi connectivity index (χ0) is 15.1. The van der Waals surface area contributed by atoms with Crippen LogP contribution in [0.1, 0.15) is 11.1 Å². The molecule has 0 aliphatic carbocycles. The van der Waals surface area contributed by atoms with Crippen LogP contribution in [0.25, 0.3) is 0 Å². The lowest BCUT2D eigenvalue weighted by molar-refractivity contribution is 0.320. The summed E-state index contributed by atoms with van der Waals surface area (Å²) in [6, 6.07) is 16.1. The Morgan fingerprint density at radius 2 is 1.86 bits per heavy atom. The van der Waals surface area contributed by atoms with Gasteiger partial charge in [0.25, 0.3) is 0 Å². The minimum Gasteiger partial charge on any atom is -0.491 e. The molecule has 0 heterocycles. The van der Waals surface area contributed by atoms with Gasteiger partial charge in [-0.2, -0.15) is 0 Å².